The summed E-state index contributed by atoms with van der Waals surface area (Å²) in [6, 6.07) is 4.14. The molecule has 0 spiro atoms. The third-order valence-electron chi connectivity index (χ3n) is 4.39. The first kappa shape index (κ1) is 25.5. The zero-order valence-electron chi connectivity index (χ0n) is 16.6. The van der Waals surface area contributed by atoms with E-state index >= 15 is 0 Å². The van der Waals surface area contributed by atoms with Crippen LogP contribution in [0.5, 0.6) is 0 Å². The molecule has 1 aromatic rings. The maximum absolute atomic E-state index is 12.6. The number of halogens is 4. The van der Waals surface area contributed by atoms with Gasteiger partial charge in [-0.15, -0.1) is 24.0 Å². The van der Waals surface area contributed by atoms with Crippen LogP contribution in [-0.4, -0.2) is 63.2 Å². The molecule has 0 saturated carbocycles. The average Bonchev–Trinajstić information content (AvgIpc) is 3.16. The highest BCUT2D eigenvalue weighted by atomic mass is 127. The highest BCUT2D eigenvalue weighted by molar-refractivity contribution is 14.0. The second-order valence-electron chi connectivity index (χ2n) is 6.68. The van der Waals surface area contributed by atoms with E-state index in [2.05, 4.69) is 15.6 Å². The number of carbonyl (C=O) groups is 1. The van der Waals surface area contributed by atoms with Crippen molar-refractivity contribution in [1.29, 1.82) is 0 Å². The van der Waals surface area contributed by atoms with Gasteiger partial charge in [-0.2, -0.15) is 13.2 Å². The zero-order valence-corrected chi connectivity index (χ0v) is 18.9. The van der Waals surface area contributed by atoms with E-state index in [-0.39, 0.29) is 36.1 Å². The molecule has 0 aliphatic carbocycles. The number of rotatable bonds is 7. The molecule has 1 atom stereocenters. The van der Waals surface area contributed by atoms with Gasteiger partial charge in [-0.05, 0) is 37.6 Å². The predicted molar refractivity (Wildman–Crippen MR) is 117 cm³/mol. The molecule has 1 saturated heterocycles. The van der Waals surface area contributed by atoms with Crippen molar-refractivity contribution in [3.63, 3.8) is 0 Å². The summed E-state index contributed by atoms with van der Waals surface area (Å²) in [4.78, 5) is 18.6. The second-order valence-corrected chi connectivity index (χ2v) is 6.68. The Morgan fingerprint density at radius 2 is 1.97 bits per heavy atom. The minimum absolute atomic E-state index is 0. The third-order valence-corrected chi connectivity index (χ3v) is 4.39. The number of aliphatic imine (C=N–C) groups is 1. The van der Waals surface area contributed by atoms with Crippen molar-refractivity contribution in [1.82, 2.24) is 15.5 Å². The lowest BCUT2D eigenvalue weighted by atomic mass is 10.1. The molecule has 0 aromatic heterocycles. The van der Waals surface area contributed by atoms with Gasteiger partial charge < -0.3 is 20.3 Å². The van der Waals surface area contributed by atoms with Gasteiger partial charge in [-0.25, -0.2) is 0 Å². The largest absolute Gasteiger partial charge is 0.416 e. The van der Waals surface area contributed by atoms with E-state index in [1.165, 1.54) is 12.1 Å². The molecular weight excluding hydrogens is 500 g/mol. The molecule has 1 amide bonds. The third kappa shape index (κ3) is 8.37. The van der Waals surface area contributed by atoms with Crippen molar-refractivity contribution < 1.29 is 22.7 Å². The minimum Gasteiger partial charge on any atom is -0.381 e. The van der Waals surface area contributed by atoms with Crippen LogP contribution in [0.25, 0.3) is 0 Å². The zero-order chi connectivity index (χ0) is 20.6. The lowest BCUT2D eigenvalue weighted by Gasteiger charge is -2.24. The van der Waals surface area contributed by atoms with Gasteiger partial charge in [0.25, 0.3) is 5.91 Å². The van der Waals surface area contributed by atoms with Crippen LogP contribution >= 0.6 is 24.0 Å². The molecule has 29 heavy (non-hydrogen) atoms. The highest BCUT2D eigenvalue weighted by Crippen LogP contribution is 2.29. The quantitative estimate of drug-likeness (QED) is 0.247. The number of hydrogen-bond acceptors (Lipinski definition) is 3. The Hall–Kier alpha value is -1.56. The van der Waals surface area contributed by atoms with Crippen LogP contribution in [0.15, 0.2) is 29.3 Å². The molecule has 10 heteroatoms. The van der Waals surface area contributed by atoms with E-state index in [1.807, 2.05) is 18.9 Å². The predicted octanol–water partition coefficient (Wildman–Crippen LogP) is 2.99. The van der Waals surface area contributed by atoms with Gasteiger partial charge in [0.05, 0.1) is 18.7 Å². The SMILES string of the molecule is CCNC(=NCCNC(=O)c1ccc(C(F)(F)F)cc1)N(C)CC1CCOC1.I. The molecule has 1 aliphatic rings. The molecule has 1 aromatic carbocycles. The monoisotopic (exact) mass is 528 g/mol. The van der Waals surface area contributed by atoms with E-state index < -0.39 is 17.6 Å². The maximum atomic E-state index is 12.6. The Bertz CT molecular complexity index is 662. The topological polar surface area (TPSA) is 66.0 Å². The first-order valence-electron chi connectivity index (χ1n) is 9.34. The van der Waals surface area contributed by atoms with Crippen LogP contribution in [0.4, 0.5) is 13.2 Å². The number of nitrogens with one attached hydrogen (secondary N) is 2. The molecule has 0 bridgehead atoms. The average molecular weight is 528 g/mol. The lowest BCUT2D eigenvalue weighted by Crippen LogP contribution is -2.42. The first-order chi connectivity index (χ1) is 13.3. The molecule has 6 nitrogen and oxygen atoms in total. The summed E-state index contributed by atoms with van der Waals surface area (Å²) in [6.07, 6.45) is -3.38. The Labute approximate surface area is 186 Å². The minimum atomic E-state index is -4.41. The smallest absolute Gasteiger partial charge is 0.381 e. The fourth-order valence-corrected chi connectivity index (χ4v) is 2.91. The number of carbonyl (C=O) groups excluding carboxylic acids is 1. The van der Waals surface area contributed by atoms with Gasteiger partial charge in [0, 0.05) is 44.8 Å². The van der Waals surface area contributed by atoms with Gasteiger partial charge in [0.1, 0.15) is 0 Å². The Morgan fingerprint density at radius 1 is 1.28 bits per heavy atom. The van der Waals surface area contributed by atoms with Crippen molar-refractivity contribution in [2.75, 3.05) is 46.4 Å². The Balaban J connectivity index is 0.00000420. The molecule has 0 radical (unpaired) electrons. The molecule has 1 aliphatic heterocycles. The number of hydrogen-bond donors (Lipinski definition) is 2. The number of alkyl halides is 3. The molecule has 1 heterocycles. The highest BCUT2D eigenvalue weighted by Gasteiger charge is 2.30. The summed E-state index contributed by atoms with van der Waals surface area (Å²) in [5.41, 5.74) is -0.595. The molecular formula is C19H28F3IN4O2. The summed E-state index contributed by atoms with van der Waals surface area (Å²) in [5, 5.41) is 5.89. The van der Waals surface area contributed by atoms with Crippen molar-refractivity contribution in [3.8, 4) is 0 Å². The molecule has 1 fully saturated rings. The van der Waals surface area contributed by atoms with Crippen molar-refractivity contribution in [2.24, 2.45) is 10.9 Å². The number of amides is 1. The summed E-state index contributed by atoms with van der Waals surface area (Å²) < 4.78 is 43.1. The van der Waals surface area contributed by atoms with Crippen LogP contribution in [0.2, 0.25) is 0 Å². The van der Waals surface area contributed by atoms with Gasteiger partial charge in [-0.3, -0.25) is 9.79 Å². The molecule has 164 valence electrons. The van der Waals surface area contributed by atoms with E-state index in [0.717, 1.165) is 50.8 Å². The van der Waals surface area contributed by atoms with Crippen LogP contribution in [0.3, 0.4) is 0 Å². The fourth-order valence-electron chi connectivity index (χ4n) is 2.91. The maximum Gasteiger partial charge on any atom is 0.416 e. The number of benzene rings is 1. The van der Waals surface area contributed by atoms with E-state index in [9.17, 15) is 18.0 Å². The van der Waals surface area contributed by atoms with Crippen LogP contribution in [0.1, 0.15) is 29.3 Å². The Morgan fingerprint density at radius 3 is 2.52 bits per heavy atom. The summed E-state index contributed by atoms with van der Waals surface area (Å²) in [5.74, 6) is 0.803. The fraction of sp³-hybridized carbons (Fsp3) is 0.579. The van der Waals surface area contributed by atoms with Crippen molar-refractivity contribution >= 4 is 35.8 Å². The summed E-state index contributed by atoms with van der Waals surface area (Å²) >= 11 is 0. The van der Waals surface area contributed by atoms with Gasteiger partial charge >= 0.3 is 6.18 Å². The van der Waals surface area contributed by atoms with Gasteiger partial charge in [0.2, 0.25) is 0 Å². The molecule has 2 rings (SSSR count). The lowest BCUT2D eigenvalue weighted by molar-refractivity contribution is -0.137. The second kappa shape index (κ2) is 12.2. The van der Waals surface area contributed by atoms with Crippen LogP contribution < -0.4 is 10.6 Å². The van der Waals surface area contributed by atoms with E-state index in [0.29, 0.717) is 12.5 Å². The number of nitrogens with zero attached hydrogens (tertiary/aromatic N) is 2. The van der Waals surface area contributed by atoms with Crippen LogP contribution in [-0.2, 0) is 10.9 Å². The van der Waals surface area contributed by atoms with Crippen LogP contribution in [0, 0.1) is 5.92 Å². The first-order valence-corrected chi connectivity index (χ1v) is 9.34. The summed E-state index contributed by atoms with van der Waals surface area (Å²) in [7, 11) is 1.96. The Kier molecular flexibility index (Phi) is 10.7. The number of ether oxygens (including phenoxy) is 1. The van der Waals surface area contributed by atoms with Crippen molar-refractivity contribution in [3.05, 3.63) is 35.4 Å². The normalized spacial score (nSPS) is 16.9. The molecule has 1 unspecified atom stereocenters. The van der Waals surface area contributed by atoms with Gasteiger partial charge in [0.15, 0.2) is 5.96 Å². The summed E-state index contributed by atoms with van der Waals surface area (Å²) in [6.45, 7) is 5.74. The standard InChI is InChI=1S/C19H27F3N4O2.HI/c1-3-23-18(26(2)12-14-8-11-28-13-14)25-10-9-24-17(27)15-4-6-16(7-5-15)19(20,21)22;/h4-7,14H,3,8-13H2,1-2H3,(H,23,25)(H,24,27);1H. The molecule has 2 N–H and O–H groups in total. The van der Waals surface area contributed by atoms with E-state index in [4.69, 9.17) is 4.74 Å². The van der Waals surface area contributed by atoms with Crippen molar-refractivity contribution in [2.45, 2.75) is 19.5 Å². The number of guanidine groups is 1. The van der Waals surface area contributed by atoms with E-state index in [1.54, 1.807) is 0 Å². The van der Waals surface area contributed by atoms with Gasteiger partial charge in [-0.1, -0.05) is 0 Å².